The van der Waals surface area contributed by atoms with Gasteiger partial charge in [0.05, 0.1) is 18.6 Å². The van der Waals surface area contributed by atoms with Gasteiger partial charge in [0, 0.05) is 6.42 Å². The Morgan fingerprint density at radius 1 is 1.22 bits per heavy atom. The molecular weight excluding hydrogens is 320 g/mol. The predicted octanol–water partition coefficient (Wildman–Crippen LogP) is 0.814. The normalized spacial score (nSPS) is 14.1. The summed E-state index contributed by atoms with van der Waals surface area (Å²) in [5, 5.41) is -1.29. The largest absolute Gasteiger partial charge is 0.497 e. The molecule has 0 aromatic heterocycles. The van der Waals surface area contributed by atoms with Crippen molar-refractivity contribution < 1.29 is 22.7 Å². The number of ether oxygens (including phenoxy) is 2. The average Bonchev–Trinajstić information content (AvgIpc) is 2.54. The van der Waals surface area contributed by atoms with Crippen LogP contribution < -0.4 is 16.2 Å². The quantitative estimate of drug-likeness (QED) is 0.502. The maximum atomic E-state index is 12.4. The highest BCUT2D eigenvalue weighted by atomic mass is 32.2. The Bertz CT molecular complexity index is 601. The first-order valence-corrected chi connectivity index (χ1v) is 8.93. The zero-order chi connectivity index (χ0) is 17.5. The average molecular weight is 344 g/mol. The van der Waals surface area contributed by atoms with Crippen molar-refractivity contribution in [3.8, 4) is 5.75 Å². The maximum Gasteiger partial charge on any atom is 0.323 e. The molecule has 8 heteroatoms. The van der Waals surface area contributed by atoms with Crippen LogP contribution in [0.15, 0.2) is 29.2 Å². The first-order valence-electron chi connectivity index (χ1n) is 7.38. The van der Waals surface area contributed by atoms with Gasteiger partial charge in [-0.2, -0.15) is 0 Å². The molecule has 0 amide bonds. The van der Waals surface area contributed by atoms with E-state index in [1.54, 1.807) is 0 Å². The standard InChI is InChI=1S/C15H24N2O5S/c1-3-4-9-22-15(18)13(16)10-14(17)23(19,20)12-7-5-11(21-2)6-8-12/h5-8,13-14H,3-4,9-10,16-17H2,1-2H3/t13-,14?/m1/s1. The molecule has 0 aliphatic rings. The van der Waals surface area contributed by atoms with E-state index in [9.17, 15) is 13.2 Å². The fraction of sp³-hybridized carbons (Fsp3) is 0.533. The van der Waals surface area contributed by atoms with Gasteiger partial charge in [0.25, 0.3) is 0 Å². The number of unbranched alkanes of at least 4 members (excludes halogenated alkanes) is 1. The monoisotopic (exact) mass is 344 g/mol. The lowest BCUT2D eigenvalue weighted by atomic mass is 10.2. The van der Waals surface area contributed by atoms with E-state index < -0.39 is 27.2 Å². The van der Waals surface area contributed by atoms with E-state index in [0.29, 0.717) is 5.75 Å². The van der Waals surface area contributed by atoms with E-state index in [1.165, 1.54) is 31.4 Å². The van der Waals surface area contributed by atoms with Gasteiger partial charge in [-0.05, 0) is 30.7 Å². The summed E-state index contributed by atoms with van der Waals surface area (Å²) in [6.45, 7) is 2.23. The summed E-state index contributed by atoms with van der Waals surface area (Å²) in [5.74, 6) is -0.104. The number of carbonyl (C=O) groups is 1. The number of hydrogen-bond donors (Lipinski definition) is 2. The van der Waals surface area contributed by atoms with E-state index in [4.69, 9.17) is 20.9 Å². The zero-order valence-corrected chi connectivity index (χ0v) is 14.2. The summed E-state index contributed by atoms with van der Waals surface area (Å²) in [6.07, 6.45) is 1.40. The van der Waals surface area contributed by atoms with Crippen LogP contribution in [0.4, 0.5) is 0 Å². The Labute approximate surface area is 136 Å². The number of nitrogens with two attached hydrogens (primary N) is 2. The molecule has 0 heterocycles. The number of sulfone groups is 1. The summed E-state index contributed by atoms with van der Waals surface area (Å²) >= 11 is 0. The van der Waals surface area contributed by atoms with Gasteiger partial charge in [-0.3, -0.25) is 4.79 Å². The molecule has 23 heavy (non-hydrogen) atoms. The first-order chi connectivity index (χ1) is 10.8. The van der Waals surface area contributed by atoms with E-state index in [1.807, 2.05) is 6.92 Å². The van der Waals surface area contributed by atoms with Crippen LogP contribution in [0.3, 0.4) is 0 Å². The van der Waals surface area contributed by atoms with Crippen LogP contribution in [0.5, 0.6) is 5.75 Å². The minimum Gasteiger partial charge on any atom is -0.497 e. The zero-order valence-electron chi connectivity index (χ0n) is 13.4. The molecule has 0 aliphatic heterocycles. The van der Waals surface area contributed by atoms with Gasteiger partial charge in [-0.15, -0.1) is 0 Å². The summed E-state index contributed by atoms with van der Waals surface area (Å²) in [6, 6.07) is 4.78. The van der Waals surface area contributed by atoms with E-state index in [2.05, 4.69) is 0 Å². The van der Waals surface area contributed by atoms with Crippen LogP contribution >= 0.6 is 0 Å². The highest BCUT2D eigenvalue weighted by molar-refractivity contribution is 7.92. The molecule has 2 atom stereocenters. The van der Waals surface area contributed by atoms with Crippen LogP contribution in [0.25, 0.3) is 0 Å². The van der Waals surface area contributed by atoms with Gasteiger partial charge < -0.3 is 20.9 Å². The van der Waals surface area contributed by atoms with Gasteiger partial charge in [0.2, 0.25) is 0 Å². The van der Waals surface area contributed by atoms with Crippen molar-refractivity contribution in [2.45, 2.75) is 42.5 Å². The number of rotatable bonds is 9. The van der Waals surface area contributed by atoms with Crippen LogP contribution in [-0.4, -0.2) is 39.5 Å². The summed E-state index contributed by atoms with van der Waals surface area (Å²) in [4.78, 5) is 11.7. The minimum atomic E-state index is -3.78. The van der Waals surface area contributed by atoms with Crippen molar-refractivity contribution >= 4 is 15.8 Å². The van der Waals surface area contributed by atoms with Gasteiger partial charge in [-0.1, -0.05) is 13.3 Å². The highest BCUT2D eigenvalue weighted by Crippen LogP contribution is 2.20. The Morgan fingerprint density at radius 2 is 1.83 bits per heavy atom. The Kier molecular flexibility index (Phi) is 7.47. The number of methoxy groups -OCH3 is 1. The third-order valence-corrected chi connectivity index (χ3v) is 5.24. The van der Waals surface area contributed by atoms with Crippen LogP contribution in [0.2, 0.25) is 0 Å². The molecule has 7 nitrogen and oxygen atoms in total. The summed E-state index contributed by atoms with van der Waals surface area (Å²) in [5.41, 5.74) is 11.4. The van der Waals surface area contributed by atoms with Crippen molar-refractivity contribution in [1.82, 2.24) is 0 Å². The van der Waals surface area contributed by atoms with Gasteiger partial charge in [0.1, 0.15) is 17.2 Å². The van der Waals surface area contributed by atoms with E-state index in [-0.39, 0.29) is 17.9 Å². The molecule has 0 bridgehead atoms. The SMILES string of the molecule is CCCCOC(=O)[C@H](N)CC(N)S(=O)(=O)c1ccc(OC)cc1. The first kappa shape index (κ1) is 19.4. The Morgan fingerprint density at radius 3 is 2.35 bits per heavy atom. The molecule has 0 saturated carbocycles. The topological polar surface area (TPSA) is 122 Å². The molecule has 0 aliphatic carbocycles. The van der Waals surface area contributed by atoms with Gasteiger partial charge in [0.15, 0.2) is 9.84 Å². The van der Waals surface area contributed by atoms with Gasteiger partial charge in [-0.25, -0.2) is 8.42 Å². The fourth-order valence-electron chi connectivity index (χ4n) is 1.84. The van der Waals surface area contributed by atoms with Crippen LogP contribution in [0, 0.1) is 0 Å². The van der Waals surface area contributed by atoms with Crippen LogP contribution in [0.1, 0.15) is 26.2 Å². The Balaban J connectivity index is 2.70. The fourth-order valence-corrected chi connectivity index (χ4v) is 3.16. The van der Waals surface area contributed by atoms with Gasteiger partial charge >= 0.3 is 5.97 Å². The maximum absolute atomic E-state index is 12.4. The number of benzene rings is 1. The molecule has 1 aromatic rings. The molecule has 130 valence electrons. The lowest BCUT2D eigenvalue weighted by Crippen LogP contribution is -2.42. The van der Waals surface area contributed by atoms with E-state index in [0.717, 1.165) is 12.8 Å². The molecule has 1 aromatic carbocycles. The van der Waals surface area contributed by atoms with Crippen molar-refractivity contribution in [3.63, 3.8) is 0 Å². The van der Waals surface area contributed by atoms with E-state index >= 15 is 0 Å². The minimum absolute atomic E-state index is 0.0531. The van der Waals surface area contributed by atoms with Crippen molar-refractivity contribution in [2.75, 3.05) is 13.7 Å². The second-order valence-electron chi connectivity index (χ2n) is 5.12. The highest BCUT2D eigenvalue weighted by Gasteiger charge is 2.28. The second-order valence-corrected chi connectivity index (χ2v) is 7.29. The van der Waals surface area contributed by atoms with Crippen molar-refractivity contribution in [2.24, 2.45) is 11.5 Å². The molecule has 0 saturated heterocycles. The second kappa shape index (κ2) is 8.85. The summed E-state index contributed by atoms with van der Waals surface area (Å²) < 4.78 is 34.7. The molecule has 0 radical (unpaired) electrons. The number of carbonyl (C=O) groups excluding carboxylic acids is 1. The van der Waals surface area contributed by atoms with Crippen LogP contribution in [-0.2, 0) is 19.4 Å². The number of esters is 1. The molecule has 4 N–H and O–H groups in total. The molecule has 1 unspecified atom stereocenters. The predicted molar refractivity (Wildman–Crippen MR) is 86.6 cm³/mol. The molecule has 0 spiro atoms. The lowest BCUT2D eigenvalue weighted by molar-refractivity contribution is -0.145. The molecule has 1 rings (SSSR count). The lowest BCUT2D eigenvalue weighted by Gasteiger charge is -2.17. The molecular formula is C15H24N2O5S. The smallest absolute Gasteiger partial charge is 0.323 e. The summed E-state index contributed by atoms with van der Waals surface area (Å²) in [7, 11) is -2.30. The van der Waals surface area contributed by atoms with Crippen molar-refractivity contribution in [3.05, 3.63) is 24.3 Å². The molecule has 0 fully saturated rings. The third-order valence-electron chi connectivity index (χ3n) is 3.32. The Hall–Kier alpha value is -1.64. The third kappa shape index (κ3) is 5.49. The number of hydrogen-bond acceptors (Lipinski definition) is 7. The van der Waals surface area contributed by atoms with Crippen molar-refractivity contribution in [1.29, 1.82) is 0 Å².